The van der Waals surface area contributed by atoms with Crippen molar-refractivity contribution in [2.24, 2.45) is 0 Å². The second-order valence-corrected chi connectivity index (χ2v) is 4.05. The summed E-state index contributed by atoms with van der Waals surface area (Å²) in [7, 11) is 0. The summed E-state index contributed by atoms with van der Waals surface area (Å²) in [5, 5.41) is 1.05. The van der Waals surface area contributed by atoms with Gasteiger partial charge in [-0.2, -0.15) is 0 Å². The van der Waals surface area contributed by atoms with Gasteiger partial charge in [-0.15, -0.1) is 11.3 Å². The molecule has 0 atom stereocenters. The normalized spacial score (nSPS) is 10.5. The van der Waals surface area contributed by atoms with Gasteiger partial charge >= 0.3 is 0 Å². The molecule has 0 bridgehead atoms. The summed E-state index contributed by atoms with van der Waals surface area (Å²) < 4.78 is 1.11. The number of carbonyl (C=O) groups excluding carboxylic acids is 1. The Hall–Kier alpha value is -1.35. The van der Waals surface area contributed by atoms with Crippen LogP contribution < -0.4 is 5.73 Å². The SMILES string of the molecule is CC(=O)c1cc2cc(N)ccc2s1. The van der Waals surface area contributed by atoms with Gasteiger partial charge in [0.1, 0.15) is 0 Å². The molecule has 3 heteroatoms. The van der Waals surface area contributed by atoms with Crippen molar-refractivity contribution in [1.82, 2.24) is 0 Å². The Morgan fingerprint density at radius 1 is 1.38 bits per heavy atom. The molecule has 1 aromatic heterocycles. The summed E-state index contributed by atoms with van der Waals surface area (Å²) in [6.45, 7) is 1.58. The lowest BCUT2D eigenvalue weighted by Crippen LogP contribution is -1.83. The molecule has 0 saturated heterocycles. The van der Waals surface area contributed by atoms with Crippen LogP contribution in [-0.2, 0) is 0 Å². The van der Waals surface area contributed by atoms with Crippen LogP contribution in [0.5, 0.6) is 0 Å². The summed E-state index contributed by atoms with van der Waals surface area (Å²) in [5.41, 5.74) is 6.37. The van der Waals surface area contributed by atoms with Crippen LogP contribution in [0.2, 0.25) is 0 Å². The lowest BCUT2D eigenvalue weighted by molar-refractivity contribution is 0.102. The minimum atomic E-state index is 0.111. The Morgan fingerprint density at radius 2 is 2.15 bits per heavy atom. The smallest absolute Gasteiger partial charge is 0.169 e. The molecule has 2 rings (SSSR count). The maximum Gasteiger partial charge on any atom is 0.169 e. The Balaban J connectivity index is 2.68. The van der Waals surface area contributed by atoms with Gasteiger partial charge in [0.25, 0.3) is 0 Å². The number of hydrogen-bond acceptors (Lipinski definition) is 3. The largest absolute Gasteiger partial charge is 0.399 e. The highest BCUT2D eigenvalue weighted by Gasteiger charge is 2.04. The number of Topliss-reactive ketones (excluding diaryl/α,β-unsaturated/α-hetero) is 1. The molecule has 2 aromatic rings. The molecule has 0 aliphatic heterocycles. The second kappa shape index (κ2) is 2.85. The third-order valence-electron chi connectivity index (χ3n) is 1.89. The number of anilines is 1. The third-order valence-corrected chi connectivity index (χ3v) is 3.10. The Morgan fingerprint density at radius 3 is 2.85 bits per heavy atom. The zero-order valence-corrected chi connectivity index (χ0v) is 8.02. The zero-order chi connectivity index (χ0) is 9.42. The highest BCUT2D eigenvalue weighted by Crippen LogP contribution is 2.27. The van der Waals surface area contributed by atoms with Gasteiger partial charge in [-0.25, -0.2) is 0 Å². The molecule has 0 unspecified atom stereocenters. The van der Waals surface area contributed by atoms with Crippen molar-refractivity contribution in [3.05, 3.63) is 29.1 Å². The van der Waals surface area contributed by atoms with Crippen LogP contribution in [0.15, 0.2) is 24.3 Å². The van der Waals surface area contributed by atoms with Crippen molar-refractivity contribution >= 4 is 32.9 Å². The first-order valence-corrected chi connectivity index (χ1v) is 4.78. The molecule has 0 spiro atoms. The maximum absolute atomic E-state index is 11.1. The molecule has 13 heavy (non-hydrogen) atoms. The summed E-state index contributed by atoms with van der Waals surface area (Å²) in [6, 6.07) is 7.57. The molecule has 0 aliphatic carbocycles. The molecule has 0 amide bonds. The lowest BCUT2D eigenvalue weighted by Gasteiger charge is -1.90. The molecule has 0 aliphatic rings. The lowest BCUT2D eigenvalue weighted by atomic mass is 10.2. The predicted octanol–water partition coefficient (Wildman–Crippen LogP) is 2.69. The Labute approximate surface area is 80.0 Å². The van der Waals surface area contributed by atoms with Gasteiger partial charge in [0, 0.05) is 10.4 Å². The van der Waals surface area contributed by atoms with Gasteiger partial charge < -0.3 is 5.73 Å². The van der Waals surface area contributed by atoms with Gasteiger partial charge in [-0.05, 0) is 36.6 Å². The number of benzene rings is 1. The summed E-state index contributed by atoms with van der Waals surface area (Å²) in [4.78, 5) is 11.9. The van der Waals surface area contributed by atoms with E-state index < -0.39 is 0 Å². The first kappa shape index (κ1) is 8.26. The zero-order valence-electron chi connectivity index (χ0n) is 7.20. The van der Waals surface area contributed by atoms with Gasteiger partial charge in [0.05, 0.1) is 4.88 Å². The molecule has 1 aromatic carbocycles. The monoisotopic (exact) mass is 191 g/mol. The van der Waals surface area contributed by atoms with Crippen molar-refractivity contribution in [3.63, 3.8) is 0 Å². The van der Waals surface area contributed by atoms with Crippen LogP contribution in [0.3, 0.4) is 0 Å². The van der Waals surface area contributed by atoms with E-state index in [1.807, 2.05) is 24.3 Å². The maximum atomic E-state index is 11.1. The average molecular weight is 191 g/mol. The van der Waals surface area contributed by atoms with Crippen molar-refractivity contribution in [2.75, 3.05) is 5.73 Å². The molecule has 1 heterocycles. The predicted molar refractivity (Wildman–Crippen MR) is 56.2 cm³/mol. The number of thiophene rings is 1. The average Bonchev–Trinajstić information content (AvgIpc) is 2.46. The first-order chi connectivity index (χ1) is 6.16. The van der Waals surface area contributed by atoms with Crippen LogP contribution >= 0.6 is 11.3 Å². The second-order valence-electron chi connectivity index (χ2n) is 2.96. The molecule has 2 N–H and O–H groups in total. The summed E-state index contributed by atoms with van der Waals surface area (Å²) in [5.74, 6) is 0.111. The number of rotatable bonds is 1. The minimum Gasteiger partial charge on any atom is -0.399 e. The number of fused-ring (bicyclic) bond motifs is 1. The van der Waals surface area contributed by atoms with Crippen LogP contribution in [0.4, 0.5) is 5.69 Å². The van der Waals surface area contributed by atoms with E-state index in [-0.39, 0.29) is 5.78 Å². The highest BCUT2D eigenvalue weighted by molar-refractivity contribution is 7.20. The Kier molecular flexibility index (Phi) is 1.81. The fraction of sp³-hybridized carbons (Fsp3) is 0.100. The van der Waals surface area contributed by atoms with Crippen molar-refractivity contribution < 1.29 is 4.79 Å². The van der Waals surface area contributed by atoms with E-state index in [1.54, 1.807) is 6.92 Å². The topological polar surface area (TPSA) is 43.1 Å². The number of carbonyl (C=O) groups is 1. The first-order valence-electron chi connectivity index (χ1n) is 3.97. The van der Waals surface area contributed by atoms with Gasteiger partial charge in [-0.3, -0.25) is 4.79 Å². The van der Waals surface area contributed by atoms with Gasteiger partial charge in [-0.1, -0.05) is 0 Å². The minimum absolute atomic E-state index is 0.111. The highest BCUT2D eigenvalue weighted by atomic mass is 32.1. The molecule has 66 valence electrons. The molecule has 0 fully saturated rings. The molecular weight excluding hydrogens is 182 g/mol. The van der Waals surface area contributed by atoms with E-state index in [0.717, 1.165) is 20.7 Å². The van der Waals surface area contributed by atoms with Gasteiger partial charge in [0.2, 0.25) is 0 Å². The van der Waals surface area contributed by atoms with E-state index in [1.165, 1.54) is 11.3 Å². The fourth-order valence-electron chi connectivity index (χ4n) is 1.24. The summed E-state index contributed by atoms with van der Waals surface area (Å²) in [6.07, 6.45) is 0. The van der Waals surface area contributed by atoms with E-state index >= 15 is 0 Å². The third kappa shape index (κ3) is 1.42. The van der Waals surface area contributed by atoms with Gasteiger partial charge in [0.15, 0.2) is 5.78 Å². The molecular formula is C10H9NOS. The van der Waals surface area contributed by atoms with Crippen LogP contribution in [0.1, 0.15) is 16.6 Å². The number of nitrogen functional groups attached to an aromatic ring is 1. The number of nitrogens with two attached hydrogens (primary N) is 1. The van der Waals surface area contributed by atoms with Crippen molar-refractivity contribution in [1.29, 1.82) is 0 Å². The standard InChI is InChI=1S/C10H9NOS/c1-6(12)10-5-7-4-8(11)2-3-9(7)13-10/h2-5H,11H2,1H3. The van der Waals surface area contributed by atoms with E-state index in [4.69, 9.17) is 5.73 Å². The van der Waals surface area contributed by atoms with E-state index in [9.17, 15) is 4.79 Å². The molecule has 0 saturated carbocycles. The van der Waals surface area contributed by atoms with Crippen molar-refractivity contribution in [3.8, 4) is 0 Å². The Bertz CT molecular complexity index is 473. The van der Waals surface area contributed by atoms with E-state index in [0.29, 0.717) is 0 Å². The van der Waals surface area contributed by atoms with Crippen LogP contribution in [-0.4, -0.2) is 5.78 Å². The van der Waals surface area contributed by atoms with E-state index in [2.05, 4.69) is 0 Å². The summed E-state index contributed by atoms with van der Waals surface area (Å²) >= 11 is 1.51. The molecule has 0 radical (unpaired) electrons. The fourth-order valence-corrected chi connectivity index (χ4v) is 2.17. The van der Waals surface area contributed by atoms with Crippen LogP contribution in [0.25, 0.3) is 10.1 Å². The van der Waals surface area contributed by atoms with Crippen molar-refractivity contribution in [2.45, 2.75) is 6.92 Å². The number of hydrogen-bond donors (Lipinski definition) is 1. The quantitative estimate of drug-likeness (QED) is 0.556. The number of ketones is 1. The molecule has 2 nitrogen and oxygen atoms in total. The van der Waals surface area contributed by atoms with Crippen LogP contribution in [0, 0.1) is 0 Å².